The first kappa shape index (κ1) is 13.2. The van der Waals surface area contributed by atoms with Gasteiger partial charge in [0.05, 0.1) is 0 Å². The minimum absolute atomic E-state index is 0.141. The van der Waals surface area contributed by atoms with Gasteiger partial charge in [-0.3, -0.25) is 0 Å². The number of aryl methyl sites for hydroxylation is 2. The molecule has 0 heterocycles. The lowest BCUT2D eigenvalue weighted by Gasteiger charge is -2.26. The van der Waals surface area contributed by atoms with Crippen LogP contribution in [0.5, 0.6) is 0 Å². The van der Waals surface area contributed by atoms with E-state index in [4.69, 9.17) is 0 Å². The lowest BCUT2D eigenvalue weighted by atomic mass is 9.89. The van der Waals surface area contributed by atoms with E-state index in [2.05, 4.69) is 26.1 Å². The maximum Gasteiger partial charge on any atom is 0.123 e. The van der Waals surface area contributed by atoms with Gasteiger partial charge in [-0.15, -0.1) is 0 Å². The molecule has 1 unspecified atom stereocenters. The van der Waals surface area contributed by atoms with E-state index in [-0.39, 0.29) is 5.82 Å². The first-order valence-electron chi connectivity index (χ1n) is 5.97. The van der Waals surface area contributed by atoms with Crippen molar-refractivity contribution in [3.63, 3.8) is 0 Å². The smallest absolute Gasteiger partial charge is 0.123 e. The summed E-state index contributed by atoms with van der Waals surface area (Å²) in [4.78, 5) is 0. The third kappa shape index (κ3) is 2.82. The summed E-state index contributed by atoms with van der Waals surface area (Å²) in [5.41, 5.74) is 3.33. The van der Waals surface area contributed by atoms with E-state index in [0.717, 1.165) is 17.7 Å². The minimum atomic E-state index is -0.141. The number of halogens is 1. The number of benzene rings is 1. The van der Waals surface area contributed by atoms with Crippen LogP contribution in [0.2, 0.25) is 0 Å². The van der Waals surface area contributed by atoms with E-state index in [0.29, 0.717) is 12.0 Å². The quantitative estimate of drug-likeness (QED) is 0.819. The zero-order valence-electron chi connectivity index (χ0n) is 10.9. The molecule has 0 bridgehead atoms. The fourth-order valence-electron chi connectivity index (χ4n) is 2.30. The van der Waals surface area contributed by atoms with E-state index >= 15 is 0 Å². The van der Waals surface area contributed by atoms with Gasteiger partial charge in [0.1, 0.15) is 5.82 Å². The molecule has 2 heteroatoms. The Hall–Kier alpha value is -0.890. The second kappa shape index (κ2) is 5.44. The largest absolute Gasteiger partial charge is 0.310 e. The van der Waals surface area contributed by atoms with Gasteiger partial charge < -0.3 is 5.32 Å². The Morgan fingerprint density at radius 3 is 2.06 bits per heavy atom. The summed E-state index contributed by atoms with van der Waals surface area (Å²) >= 11 is 0. The summed E-state index contributed by atoms with van der Waals surface area (Å²) in [6.45, 7) is 11.4. The third-order valence-corrected chi connectivity index (χ3v) is 2.96. The molecule has 90 valence electrons. The minimum Gasteiger partial charge on any atom is -0.310 e. The highest BCUT2D eigenvalue weighted by Crippen LogP contribution is 2.28. The Labute approximate surface area is 98.1 Å². The molecule has 0 amide bonds. The van der Waals surface area contributed by atoms with Crippen molar-refractivity contribution in [3.05, 3.63) is 34.6 Å². The van der Waals surface area contributed by atoms with Gasteiger partial charge in [-0.1, -0.05) is 20.8 Å². The number of hydrogen-bond acceptors (Lipinski definition) is 1. The van der Waals surface area contributed by atoms with E-state index in [1.54, 1.807) is 12.1 Å². The standard InChI is InChI=1S/C14H22FN/c1-6-16-14(9(2)3)13-10(4)7-12(15)8-11(13)5/h7-9,14,16H,6H2,1-5H3. The lowest BCUT2D eigenvalue weighted by Crippen LogP contribution is -2.27. The molecule has 0 spiro atoms. The molecule has 0 fully saturated rings. The van der Waals surface area contributed by atoms with Crippen LogP contribution in [0.4, 0.5) is 4.39 Å². The van der Waals surface area contributed by atoms with Crippen LogP contribution >= 0.6 is 0 Å². The number of nitrogens with one attached hydrogen (secondary N) is 1. The second-order valence-corrected chi connectivity index (χ2v) is 4.73. The lowest BCUT2D eigenvalue weighted by molar-refractivity contribution is 0.418. The Bertz CT molecular complexity index is 335. The molecule has 1 nitrogen and oxygen atoms in total. The van der Waals surface area contributed by atoms with Crippen LogP contribution in [-0.4, -0.2) is 6.54 Å². The Morgan fingerprint density at radius 1 is 1.19 bits per heavy atom. The first-order chi connectivity index (χ1) is 7.47. The fourth-order valence-corrected chi connectivity index (χ4v) is 2.30. The zero-order valence-corrected chi connectivity index (χ0v) is 10.9. The Kier molecular flexibility index (Phi) is 4.48. The van der Waals surface area contributed by atoms with Gasteiger partial charge in [0.25, 0.3) is 0 Å². The van der Waals surface area contributed by atoms with E-state index in [9.17, 15) is 4.39 Å². The Morgan fingerprint density at radius 2 is 1.69 bits per heavy atom. The maximum atomic E-state index is 13.2. The molecule has 1 aromatic carbocycles. The van der Waals surface area contributed by atoms with Crippen molar-refractivity contribution in [1.29, 1.82) is 0 Å². The average molecular weight is 223 g/mol. The molecule has 16 heavy (non-hydrogen) atoms. The van der Waals surface area contributed by atoms with Crippen molar-refractivity contribution in [3.8, 4) is 0 Å². The molecule has 0 aliphatic heterocycles. The van der Waals surface area contributed by atoms with Crippen LogP contribution in [-0.2, 0) is 0 Å². The SMILES string of the molecule is CCNC(c1c(C)cc(F)cc1C)C(C)C. The summed E-state index contributed by atoms with van der Waals surface area (Å²) < 4.78 is 13.2. The zero-order chi connectivity index (χ0) is 12.3. The van der Waals surface area contributed by atoms with Gasteiger partial charge in [0.15, 0.2) is 0 Å². The molecule has 0 aliphatic rings. The van der Waals surface area contributed by atoms with Crippen LogP contribution in [0.15, 0.2) is 12.1 Å². The van der Waals surface area contributed by atoms with Crippen molar-refractivity contribution >= 4 is 0 Å². The average Bonchev–Trinajstić information content (AvgIpc) is 2.14. The number of rotatable bonds is 4. The molecular weight excluding hydrogens is 201 g/mol. The summed E-state index contributed by atoms with van der Waals surface area (Å²) in [5, 5.41) is 3.48. The van der Waals surface area contributed by atoms with Crippen molar-refractivity contribution in [2.75, 3.05) is 6.54 Å². The van der Waals surface area contributed by atoms with Crippen LogP contribution in [0.3, 0.4) is 0 Å². The van der Waals surface area contributed by atoms with Crippen LogP contribution in [0.1, 0.15) is 43.5 Å². The Balaban J connectivity index is 3.18. The second-order valence-electron chi connectivity index (χ2n) is 4.73. The monoisotopic (exact) mass is 223 g/mol. The van der Waals surface area contributed by atoms with Gasteiger partial charge in [0.2, 0.25) is 0 Å². The topological polar surface area (TPSA) is 12.0 Å². The fraction of sp³-hybridized carbons (Fsp3) is 0.571. The first-order valence-corrected chi connectivity index (χ1v) is 5.97. The summed E-state index contributed by atoms with van der Waals surface area (Å²) in [5.74, 6) is 0.362. The highest BCUT2D eigenvalue weighted by molar-refractivity contribution is 5.37. The molecule has 0 radical (unpaired) electrons. The molecule has 0 saturated carbocycles. The van der Waals surface area contributed by atoms with E-state index < -0.39 is 0 Å². The maximum absolute atomic E-state index is 13.2. The van der Waals surface area contributed by atoms with E-state index in [1.165, 1.54) is 5.56 Å². The number of hydrogen-bond donors (Lipinski definition) is 1. The molecule has 0 aromatic heterocycles. The van der Waals surface area contributed by atoms with Crippen molar-refractivity contribution in [1.82, 2.24) is 5.32 Å². The van der Waals surface area contributed by atoms with Gasteiger partial charge in [-0.25, -0.2) is 4.39 Å². The van der Waals surface area contributed by atoms with Gasteiger partial charge in [-0.2, -0.15) is 0 Å². The summed E-state index contributed by atoms with van der Waals surface area (Å²) in [6, 6.07) is 3.55. The van der Waals surface area contributed by atoms with Crippen molar-refractivity contribution < 1.29 is 4.39 Å². The summed E-state index contributed by atoms with van der Waals surface area (Å²) in [7, 11) is 0. The van der Waals surface area contributed by atoms with Crippen LogP contribution < -0.4 is 5.32 Å². The van der Waals surface area contributed by atoms with Crippen molar-refractivity contribution in [2.24, 2.45) is 5.92 Å². The molecule has 1 rings (SSSR count). The molecule has 1 N–H and O–H groups in total. The third-order valence-electron chi connectivity index (χ3n) is 2.96. The predicted octanol–water partition coefficient (Wildman–Crippen LogP) is 3.75. The highest BCUT2D eigenvalue weighted by Gasteiger charge is 2.19. The van der Waals surface area contributed by atoms with Gasteiger partial charge in [0, 0.05) is 6.04 Å². The summed E-state index contributed by atoms with van der Waals surface area (Å²) in [6.07, 6.45) is 0. The molecule has 0 aliphatic carbocycles. The highest BCUT2D eigenvalue weighted by atomic mass is 19.1. The van der Waals surface area contributed by atoms with Gasteiger partial charge >= 0.3 is 0 Å². The molecular formula is C14H22FN. The van der Waals surface area contributed by atoms with Crippen LogP contribution in [0.25, 0.3) is 0 Å². The van der Waals surface area contributed by atoms with Crippen LogP contribution in [0, 0.1) is 25.6 Å². The predicted molar refractivity (Wildman–Crippen MR) is 67.1 cm³/mol. The van der Waals surface area contributed by atoms with Crippen molar-refractivity contribution in [2.45, 2.75) is 40.7 Å². The normalized spacial score (nSPS) is 13.2. The van der Waals surface area contributed by atoms with Gasteiger partial charge in [-0.05, 0) is 55.1 Å². The van der Waals surface area contributed by atoms with E-state index in [1.807, 2.05) is 13.8 Å². The molecule has 1 atom stereocenters. The molecule has 0 saturated heterocycles. The molecule has 1 aromatic rings.